The molecule has 2 atom stereocenters. The molecule has 1 aromatic carbocycles. The zero-order valence-corrected chi connectivity index (χ0v) is 10.2. The molecule has 1 aliphatic rings. The first-order valence-corrected chi connectivity index (χ1v) is 6.29. The van der Waals surface area contributed by atoms with Gasteiger partial charge in [-0.3, -0.25) is 0 Å². The van der Waals surface area contributed by atoms with Crippen molar-refractivity contribution >= 4 is 5.69 Å². The molecule has 1 aliphatic carbocycles. The van der Waals surface area contributed by atoms with Gasteiger partial charge in [-0.1, -0.05) is 25.5 Å². The fraction of sp³-hybridized carbons (Fsp3) is 0.571. The van der Waals surface area contributed by atoms with Gasteiger partial charge in [0.1, 0.15) is 5.75 Å². The third-order valence-electron chi connectivity index (χ3n) is 3.39. The monoisotopic (exact) mass is 219 g/mol. The fourth-order valence-electron chi connectivity index (χ4n) is 2.43. The minimum Gasteiger partial charge on any atom is -0.492 e. The number of hydrogen-bond donors (Lipinski definition) is 1. The second-order valence-corrected chi connectivity index (χ2v) is 4.59. The summed E-state index contributed by atoms with van der Waals surface area (Å²) in [5.41, 5.74) is 1.14. The molecule has 2 rings (SSSR count). The summed E-state index contributed by atoms with van der Waals surface area (Å²) >= 11 is 0. The second-order valence-electron chi connectivity index (χ2n) is 4.59. The molecule has 2 heteroatoms. The lowest BCUT2D eigenvalue weighted by atomic mass is 10.1. The first-order valence-electron chi connectivity index (χ1n) is 6.29. The molecular formula is C14H21NO. The molecule has 0 aliphatic heterocycles. The number of hydrogen-bond acceptors (Lipinski definition) is 2. The third-order valence-corrected chi connectivity index (χ3v) is 3.39. The van der Waals surface area contributed by atoms with E-state index in [1.165, 1.54) is 19.3 Å². The molecule has 2 nitrogen and oxygen atoms in total. The molecule has 16 heavy (non-hydrogen) atoms. The standard InChI is InChI=1S/C14H21NO/c1-3-16-14-10-5-4-8-13(14)15-12-9-6-7-11(12)2/h4-5,8,10-12,15H,3,6-7,9H2,1-2H3. The number of anilines is 1. The topological polar surface area (TPSA) is 21.3 Å². The van der Waals surface area contributed by atoms with Gasteiger partial charge < -0.3 is 10.1 Å². The summed E-state index contributed by atoms with van der Waals surface area (Å²) in [5, 5.41) is 3.62. The van der Waals surface area contributed by atoms with E-state index < -0.39 is 0 Å². The van der Waals surface area contributed by atoms with Crippen LogP contribution in [0.2, 0.25) is 0 Å². The van der Waals surface area contributed by atoms with Crippen molar-refractivity contribution in [3.8, 4) is 5.75 Å². The molecule has 88 valence electrons. The molecule has 0 aromatic heterocycles. The molecule has 0 saturated heterocycles. The van der Waals surface area contributed by atoms with E-state index in [-0.39, 0.29) is 0 Å². The average molecular weight is 219 g/mol. The number of rotatable bonds is 4. The lowest BCUT2D eigenvalue weighted by Crippen LogP contribution is -2.22. The van der Waals surface area contributed by atoms with Gasteiger partial charge in [-0.2, -0.15) is 0 Å². The van der Waals surface area contributed by atoms with Crippen molar-refractivity contribution in [2.24, 2.45) is 5.92 Å². The summed E-state index contributed by atoms with van der Waals surface area (Å²) in [7, 11) is 0. The molecule has 0 amide bonds. The summed E-state index contributed by atoms with van der Waals surface area (Å²) < 4.78 is 5.62. The lowest BCUT2D eigenvalue weighted by Gasteiger charge is -2.20. The van der Waals surface area contributed by atoms with E-state index in [0.717, 1.165) is 24.0 Å². The van der Waals surface area contributed by atoms with Crippen molar-refractivity contribution in [1.82, 2.24) is 0 Å². The van der Waals surface area contributed by atoms with Crippen molar-refractivity contribution in [2.45, 2.75) is 39.2 Å². The average Bonchev–Trinajstić information content (AvgIpc) is 2.68. The van der Waals surface area contributed by atoms with Crippen LogP contribution in [0, 0.1) is 5.92 Å². The van der Waals surface area contributed by atoms with Gasteiger partial charge in [0.2, 0.25) is 0 Å². The van der Waals surface area contributed by atoms with Crippen LogP contribution < -0.4 is 10.1 Å². The number of benzene rings is 1. The zero-order chi connectivity index (χ0) is 11.4. The van der Waals surface area contributed by atoms with Gasteiger partial charge >= 0.3 is 0 Å². The van der Waals surface area contributed by atoms with Gasteiger partial charge in [-0.15, -0.1) is 0 Å². The Labute approximate surface area is 98.0 Å². The Balaban J connectivity index is 2.07. The van der Waals surface area contributed by atoms with Gasteiger partial charge in [0.15, 0.2) is 0 Å². The van der Waals surface area contributed by atoms with Crippen LogP contribution in [0.1, 0.15) is 33.1 Å². The van der Waals surface area contributed by atoms with Crippen molar-refractivity contribution in [3.05, 3.63) is 24.3 Å². The molecule has 0 radical (unpaired) electrons. The quantitative estimate of drug-likeness (QED) is 0.834. The predicted octanol–water partition coefficient (Wildman–Crippen LogP) is 3.69. The molecule has 1 saturated carbocycles. The van der Waals surface area contributed by atoms with E-state index in [2.05, 4.69) is 24.4 Å². The van der Waals surface area contributed by atoms with Crippen LogP contribution in [0.4, 0.5) is 5.69 Å². The van der Waals surface area contributed by atoms with Gasteiger partial charge in [-0.25, -0.2) is 0 Å². The Morgan fingerprint density at radius 3 is 2.81 bits per heavy atom. The van der Waals surface area contributed by atoms with Crippen LogP contribution in [0.25, 0.3) is 0 Å². The molecule has 0 heterocycles. The normalized spacial score (nSPS) is 24.4. The Morgan fingerprint density at radius 2 is 2.12 bits per heavy atom. The van der Waals surface area contributed by atoms with E-state index in [0.29, 0.717) is 6.04 Å². The highest BCUT2D eigenvalue weighted by Crippen LogP contribution is 2.31. The molecule has 1 N–H and O–H groups in total. The van der Waals surface area contributed by atoms with Gasteiger partial charge in [0.25, 0.3) is 0 Å². The van der Waals surface area contributed by atoms with E-state index in [9.17, 15) is 0 Å². The van der Waals surface area contributed by atoms with Crippen LogP contribution in [-0.2, 0) is 0 Å². The third kappa shape index (κ3) is 2.49. The Kier molecular flexibility index (Phi) is 3.70. The van der Waals surface area contributed by atoms with E-state index in [1.54, 1.807) is 0 Å². The minimum absolute atomic E-state index is 0.613. The predicted molar refractivity (Wildman–Crippen MR) is 68.0 cm³/mol. The maximum Gasteiger partial charge on any atom is 0.142 e. The first-order chi connectivity index (χ1) is 7.81. The van der Waals surface area contributed by atoms with Crippen molar-refractivity contribution in [3.63, 3.8) is 0 Å². The van der Waals surface area contributed by atoms with Crippen molar-refractivity contribution in [1.29, 1.82) is 0 Å². The Morgan fingerprint density at radius 1 is 1.31 bits per heavy atom. The highest BCUT2D eigenvalue weighted by Gasteiger charge is 2.23. The SMILES string of the molecule is CCOc1ccccc1NC1CCCC1C. The molecule has 1 aromatic rings. The summed E-state index contributed by atoms with van der Waals surface area (Å²) in [6.07, 6.45) is 3.96. The van der Waals surface area contributed by atoms with E-state index >= 15 is 0 Å². The molecule has 2 unspecified atom stereocenters. The van der Waals surface area contributed by atoms with Gasteiger partial charge in [-0.05, 0) is 37.8 Å². The Hall–Kier alpha value is -1.18. The maximum absolute atomic E-state index is 5.62. The molecular weight excluding hydrogens is 198 g/mol. The van der Waals surface area contributed by atoms with Gasteiger partial charge in [0, 0.05) is 6.04 Å². The lowest BCUT2D eigenvalue weighted by molar-refractivity contribution is 0.341. The van der Waals surface area contributed by atoms with Crippen LogP contribution in [0.5, 0.6) is 5.75 Å². The maximum atomic E-state index is 5.62. The molecule has 1 fully saturated rings. The smallest absolute Gasteiger partial charge is 0.142 e. The summed E-state index contributed by atoms with van der Waals surface area (Å²) in [6.45, 7) is 5.07. The van der Waals surface area contributed by atoms with Crippen molar-refractivity contribution < 1.29 is 4.74 Å². The second kappa shape index (κ2) is 5.24. The largest absolute Gasteiger partial charge is 0.492 e. The summed E-state index contributed by atoms with van der Waals surface area (Å²) in [5.74, 6) is 1.75. The summed E-state index contributed by atoms with van der Waals surface area (Å²) in [4.78, 5) is 0. The minimum atomic E-state index is 0.613. The number of para-hydroxylation sites is 2. The fourth-order valence-corrected chi connectivity index (χ4v) is 2.43. The Bertz CT molecular complexity index is 337. The summed E-state index contributed by atoms with van der Waals surface area (Å²) in [6, 6.07) is 8.84. The van der Waals surface area contributed by atoms with E-state index in [4.69, 9.17) is 4.74 Å². The molecule has 0 spiro atoms. The first kappa shape index (κ1) is 11.3. The van der Waals surface area contributed by atoms with Gasteiger partial charge in [0.05, 0.1) is 12.3 Å². The van der Waals surface area contributed by atoms with Crippen LogP contribution in [-0.4, -0.2) is 12.6 Å². The zero-order valence-electron chi connectivity index (χ0n) is 10.2. The van der Waals surface area contributed by atoms with Crippen molar-refractivity contribution in [2.75, 3.05) is 11.9 Å². The van der Waals surface area contributed by atoms with Crippen LogP contribution >= 0.6 is 0 Å². The molecule has 0 bridgehead atoms. The highest BCUT2D eigenvalue weighted by atomic mass is 16.5. The number of ether oxygens (including phenoxy) is 1. The number of nitrogens with one attached hydrogen (secondary N) is 1. The van der Waals surface area contributed by atoms with Crippen LogP contribution in [0.3, 0.4) is 0 Å². The van der Waals surface area contributed by atoms with Crippen LogP contribution in [0.15, 0.2) is 24.3 Å². The van der Waals surface area contributed by atoms with E-state index in [1.807, 2.05) is 19.1 Å². The highest BCUT2D eigenvalue weighted by molar-refractivity contribution is 5.56.